The van der Waals surface area contributed by atoms with Crippen molar-refractivity contribution in [2.24, 2.45) is 18.9 Å². The van der Waals surface area contributed by atoms with Crippen LogP contribution in [0.15, 0.2) is 47.4 Å². The number of imidazole rings is 1. The molecule has 3 atom stereocenters. The Labute approximate surface area is 243 Å². The summed E-state index contributed by atoms with van der Waals surface area (Å²) >= 11 is 0. The van der Waals surface area contributed by atoms with E-state index in [1.807, 2.05) is 0 Å². The van der Waals surface area contributed by atoms with Crippen LogP contribution >= 0.6 is 0 Å². The van der Waals surface area contributed by atoms with Crippen LogP contribution in [0.1, 0.15) is 62.4 Å². The zero-order valence-corrected chi connectivity index (χ0v) is 24.1. The van der Waals surface area contributed by atoms with Gasteiger partial charge >= 0.3 is 0 Å². The van der Waals surface area contributed by atoms with Crippen LogP contribution in [-0.4, -0.2) is 56.1 Å². The molecular weight excluding hydrogens is 542 g/mol. The molecule has 2 saturated carbocycles. The molecule has 0 aromatic carbocycles. The monoisotopic (exact) mass is 579 g/mol. The highest BCUT2D eigenvalue weighted by atomic mass is 16.2. The van der Waals surface area contributed by atoms with Gasteiger partial charge in [0.05, 0.1) is 12.5 Å². The van der Waals surface area contributed by atoms with Crippen LogP contribution in [0.25, 0.3) is 0 Å². The number of aromatic nitrogens is 3. The third-order valence-corrected chi connectivity index (χ3v) is 7.92. The third-order valence-electron chi connectivity index (χ3n) is 7.92. The van der Waals surface area contributed by atoms with Crippen molar-refractivity contribution in [2.45, 2.75) is 64.0 Å². The molecule has 4 N–H and O–H groups in total. The summed E-state index contributed by atoms with van der Waals surface area (Å²) in [5.41, 5.74) is -1.20. The van der Waals surface area contributed by atoms with Gasteiger partial charge in [0.2, 0.25) is 11.7 Å². The van der Waals surface area contributed by atoms with E-state index in [2.05, 4.69) is 33.2 Å². The fraction of sp³-hybridized carbons (Fsp3) is 0.483. The first-order valence-corrected chi connectivity index (χ1v) is 14.0. The summed E-state index contributed by atoms with van der Waals surface area (Å²) in [6.07, 6.45) is 11.0. The average Bonchev–Trinajstić information content (AvgIpc) is 3.37. The Morgan fingerprint density at radius 2 is 1.95 bits per heavy atom. The molecule has 2 aliphatic carbocycles. The number of likely N-dealkylation sites (N-methyl/N-ethyl adjacent to an activating group) is 1. The topological polar surface area (TPSA) is 173 Å². The second-order valence-corrected chi connectivity index (χ2v) is 11.3. The van der Waals surface area contributed by atoms with Crippen LogP contribution in [0.2, 0.25) is 0 Å². The summed E-state index contributed by atoms with van der Waals surface area (Å²) < 4.78 is 2.64. The van der Waals surface area contributed by atoms with Gasteiger partial charge in [-0.25, -0.2) is 4.98 Å². The first-order chi connectivity index (χ1) is 20.0. The smallest absolute Gasteiger partial charge is 0.287 e. The summed E-state index contributed by atoms with van der Waals surface area (Å²) in [4.78, 5) is 79.8. The molecule has 0 saturated heterocycles. The van der Waals surface area contributed by atoms with Gasteiger partial charge in [-0.2, -0.15) is 0 Å². The van der Waals surface area contributed by atoms with Crippen molar-refractivity contribution in [2.75, 3.05) is 12.4 Å². The van der Waals surface area contributed by atoms with Crippen LogP contribution in [0.5, 0.6) is 0 Å². The molecule has 224 valence electrons. The second-order valence-electron chi connectivity index (χ2n) is 11.3. The van der Waals surface area contributed by atoms with Gasteiger partial charge in [0.15, 0.2) is 0 Å². The number of allylic oxidation sites excluding steroid dienone is 1. The molecular formula is C29H37N7O6. The van der Waals surface area contributed by atoms with Crippen molar-refractivity contribution in [3.05, 3.63) is 58.7 Å². The van der Waals surface area contributed by atoms with Crippen molar-refractivity contribution in [3.8, 4) is 0 Å². The Bertz CT molecular complexity index is 1470. The summed E-state index contributed by atoms with van der Waals surface area (Å²) in [7, 11) is 2.88. The number of fused-ring (bicyclic) bond motifs is 2. The number of ketones is 1. The molecule has 2 heterocycles. The lowest BCUT2D eigenvalue weighted by molar-refractivity contribution is -0.137. The summed E-state index contributed by atoms with van der Waals surface area (Å²) in [6, 6.07) is 2.90. The average molecular weight is 580 g/mol. The van der Waals surface area contributed by atoms with Gasteiger partial charge in [0.25, 0.3) is 23.3 Å². The van der Waals surface area contributed by atoms with Crippen LogP contribution < -0.4 is 26.8 Å². The largest absolute Gasteiger partial charge is 0.353 e. The van der Waals surface area contributed by atoms with Crippen molar-refractivity contribution < 1.29 is 24.0 Å². The molecule has 2 bridgehead atoms. The van der Waals surface area contributed by atoms with E-state index >= 15 is 0 Å². The molecule has 2 aromatic rings. The number of aryl methyl sites for hydroxylation is 1. The van der Waals surface area contributed by atoms with E-state index in [-0.39, 0.29) is 35.1 Å². The van der Waals surface area contributed by atoms with Gasteiger partial charge in [-0.3, -0.25) is 28.8 Å². The summed E-state index contributed by atoms with van der Waals surface area (Å²) in [6.45, 7) is 2.00. The molecule has 2 aromatic heterocycles. The number of rotatable bonds is 10. The molecule has 4 amide bonds. The highest BCUT2D eigenvalue weighted by molar-refractivity contribution is 6.36. The van der Waals surface area contributed by atoms with E-state index in [4.69, 9.17) is 0 Å². The minimum atomic E-state index is -0.891. The van der Waals surface area contributed by atoms with Crippen LogP contribution in [0, 0.1) is 11.8 Å². The van der Waals surface area contributed by atoms with Crippen LogP contribution in [0.4, 0.5) is 5.69 Å². The van der Waals surface area contributed by atoms with Gasteiger partial charge in [-0.1, -0.05) is 19.8 Å². The molecule has 0 spiro atoms. The van der Waals surface area contributed by atoms with E-state index in [0.717, 1.165) is 31.8 Å². The number of nitrogens with one attached hydrogen (secondary N) is 4. The van der Waals surface area contributed by atoms with Crippen LogP contribution in [-0.2, 0) is 32.8 Å². The fourth-order valence-electron chi connectivity index (χ4n) is 6.18. The van der Waals surface area contributed by atoms with Gasteiger partial charge < -0.3 is 30.4 Å². The lowest BCUT2D eigenvalue weighted by atomic mass is 9.64. The van der Waals surface area contributed by atoms with Gasteiger partial charge in [0, 0.05) is 32.3 Å². The molecule has 0 aliphatic heterocycles. The Morgan fingerprint density at radius 1 is 1.17 bits per heavy atom. The summed E-state index contributed by atoms with van der Waals surface area (Å²) in [5, 5.41) is 10.3. The minimum absolute atomic E-state index is 0.129. The molecule has 2 fully saturated rings. The predicted octanol–water partition coefficient (Wildman–Crippen LogP) is 1.01. The van der Waals surface area contributed by atoms with Crippen LogP contribution in [0.3, 0.4) is 0 Å². The van der Waals surface area contributed by atoms with Gasteiger partial charge in [-0.05, 0) is 55.7 Å². The van der Waals surface area contributed by atoms with E-state index in [1.54, 1.807) is 7.05 Å². The molecule has 13 heteroatoms. The maximum absolute atomic E-state index is 13.2. The van der Waals surface area contributed by atoms with Crippen molar-refractivity contribution in [3.63, 3.8) is 0 Å². The molecule has 0 radical (unpaired) electrons. The fourth-order valence-corrected chi connectivity index (χ4v) is 6.18. The van der Waals surface area contributed by atoms with Crippen molar-refractivity contribution >= 4 is 35.1 Å². The second kappa shape index (κ2) is 13.0. The van der Waals surface area contributed by atoms with Gasteiger partial charge in [0.1, 0.15) is 23.6 Å². The molecule has 2 aliphatic rings. The standard InChI is InChI=1S/C29H37N7O6/c1-18-12-19-6-4-10-29(13-18,14-19)34-24(38)16-36-11-5-7-21(28(36)42)33-25(39)20(8-9-23(37)27(41)30-2)32-26(40)22-15-31-17-35(22)3/h5,7-8,11,15,17-19H,4,6,9-10,12-14,16H2,1-3H3,(H,30,41)(H,32,40)(H,33,39)(H,34,38)/b20-8+. The quantitative estimate of drug-likeness (QED) is 0.240. The Hall–Kier alpha value is -4.55. The Balaban J connectivity index is 1.48. The SMILES string of the molecule is CNC(=O)C(=O)C/C=C(/NC(=O)c1cncn1C)C(=O)Nc1cccn(CC(=O)NC23CCCC(CC(C)C2)C3)c1=O. The number of Topliss-reactive ketones (excluding diaryl/α,β-unsaturated/α-hetero) is 1. The van der Waals surface area contributed by atoms with E-state index in [1.165, 1.54) is 59.9 Å². The third kappa shape index (κ3) is 7.20. The first-order valence-electron chi connectivity index (χ1n) is 14.0. The maximum Gasteiger partial charge on any atom is 0.287 e. The molecule has 13 nitrogen and oxygen atoms in total. The first kappa shape index (κ1) is 30.4. The van der Waals surface area contributed by atoms with E-state index < -0.39 is 35.5 Å². The molecule has 3 unspecified atom stereocenters. The minimum Gasteiger partial charge on any atom is -0.353 e. The lowest BCUT2D eigenvalue weighted by Gasteiger charge is -2.48. The zero-order chi connectivity index (χ0) is 30.4. The molecule has 4 rings (SSSR count). The summed E-state index contributed by atoms with van der Waals surface area (Å²) in [5.74, 6) is -2.41. The maximum atomic E-state index is 13.2. The number of hydrogen-bond donors (Lipinski definition) is 4. The normalized spacial score (nSPS) is 21.6. The molecule has 42 heavy (non-hydrogen) atoms. The van der Waals surface area contributed by atoms with E-state index in [0.29, 0.717) is 11.8 Å². The van der Waals surface area contributed by atoms with Gasteiger partial charge in [-0.15, -0.1) is 0 Å². The number of amides is 4. The van der Waals surface area contributed by atoms with Crippen molar-refractivity contribution in [1.82, 2.24) is 30.1 Å². The lowest BCUT2D eigenvalue weighted by Crippen LogP contribution is -2.55. The number of carbonyl (C=O) groups is 5. The number of pyridine rings is 1. The zero-order valence-electron chi connectivity index (χ0n) is 24.1. The van der Waals surface area contributed by atoms with Crippen molar-refractivity contribution in [1.29, 1.82) is 0 Å². The van der Waals surface area contributed by atoms with E-state index in [9.17, 15) is 28.8 Å². The number of nitrogens with zero attached hydrogens (tertiary/aromatic N) is 3. The highest BCUT2D eigenvalue weighted by Crippen LogP contribution is 2.45. The number of carbonyl (C=O) groups excluding carboxylic acids is 5. The Kier molecular flexibility index (Phi) is 9.38. The highest BCUT2D eigenvalue weighted by Gasteiger charge is 2.42. The number of hydrogen-bond acceptors (Lipinski definition) is 7. The predicted molar refractivity (Wildman–Crippen MR) is 153 cm³/mol. The number of anilines is 1. The Morgan fingerprint density at radius 3 is 2.67 bits per heavy atom.